The Kier molecular flexibility index (Phi) is 9.58. The van der Waals surface area contributed by atoms with E-state index in [1.54, 1.807) is 0 Å². The second-order valence-electron chi connectivity index (χ2n) is 3.89. The first-order valence-electron chi connectivity index (χ1n) is 6.02. The summed E-state index contributed by atoms with van der Waals surface area (Å²) in [6, 6.07) is 0. The van der Waals surface area contributed by atoms with E-state index >= 15 is 0 Å². The van der Waals surface area contributed by atoms with Crippen molar-refractivity contribution in [2.24, 2.45) is 0 Å². The van der Waals surface area contributed by atoms with Crippen molar-refractivity contribution in [2.75, 3.05) is 0 Å². The first-order chi connectivity index (χ1) is 7.20. The second kappa shape index (κ2) is 9.96. The molecule has 0 atom stereocenters. The summed E-state index contributed by atoms with van der Waals surface area (Å²) in [5.41, 5.74) is 0. The number of carbonyl (C=O) groups is 1. The fourth-order valence-electron chi connectivity index (χ4n) is 1.34. The molecule has 0 aliphatic rings. The molecule has 0 heterocycles. The Balaban J connectivity index is 3.92. The van der Waals surface area contributed by atoms with Crippen LogP contribution in [0.2, 0.25) is 0 Å². The maximum absolute atomic E-state index is 10.7. The topological polar surface area (TPSA) is 26.3 Å². The van der Waals surface area contributed by atoms with E-state index in [0.717, 1.165) is 12.8 Å². The molecule has 0 unspecified atom stereocenters. The molecule has 3 heteroatoms. The Morgan fingerprint density at radius 2 is 1.93 bits per heavy atom. The molecule has 0 saturated carbocycles. The lowest BCUT2D eigenvalue weighted by molar-refractivity contribution is -0.131. The van der Waals surface area contributed by atoms with Gasteiger partial charge in [0, 0.05) is 6.92 Å². The van der Waals surface area contributed by atoms with Crippen molar-refractivity contribution < 1.29 is 9.22 Å². The van der Waals surface area contributed by atoms with Crippen molar-refractivity contribution in [2.45, 2.75) is 59.3 Å². The zero-order chi connectivity index (χ0) is 11.5. The standard InChI is InChI=1S/C12H24O2Si/c1-4-6-8-10-12(9-7-5-2)15-14-11(3)13/h10H,4-9,15H2,1-3H3. The molecule has 0 radical (unpaired) electrons. The smallest absolute Gasteiger partial charge is 0.289 e. The number of carbonyl (C=O) groups excluding carboxylic acids is 1. The Morgan fingerprint density at radius 3 is 2.47 bits per heavy atom. The van der Waals surface area contributed by atoms with E-state index in [2.05, 4.69) is 19.9 Å². The highest BCUT2D eigenvalue weighted by molar-refractivity contribution is 6.40. The Hall–Kier alpha value is -0.573. The number of rotatable bonds is 8. The lowest BCUT2D eigenvalue weighted by Crippen LogP contribution is -2.07. The average Bonchev–Trinajstić information content (AvgIpc) is 2.21. The third-order valence-electron chi connectivity index (χ3n) is 2.30. The third-order valence-corrected chi connectivity index (χ3v) is 3.87. The Labute approximate surface area is 96.0 Å². The molecule has 0 spiro atoms. The van der Waals surface area contributed by atoms with Crippen molar-refractivity contribution in [1.29, 1.82) is 0 Å². The second-order valence-corrected chi connectivity index (χ2v) is 5.37. The summed E-state index contributed by atoms with van der Waals surface area (Å²) < 4.78 is 5.16. The van der Waals surface area contributed by atoms with E-state index in [1.807, 2.05) is 0 Å². The van der Waals surface area contributed by atoms with Gasteiger partial charge in [-0.2, -0.15) is 0 Å². The molecule has 0 saturated heterocycles. The van der Waals surface area contributed by atoms with Gasteiger partial charge in [-0.3, -0.25) is 4.79 Å². The zero-order valence-corrected chi connectivity index (χ0v) is 11.8. The van der Waals surface area contributed by atoms with Gasteiger partial charge in [0.15, 0.2) is 0 Å². The molecule has 0 bridgehead atoms. The van der Waals surface area contributed by atoms with Gasteiger partial charge in [-0.25, -0.2) is 0 Å². The largest absolute Gasteiger partial charge is 0.521 e. The summed E-state index contributed by atoms with van der Waals surface area (Å²) in [7, 11) is -0.759. The van der Waals surface area contributed by atoms with E-state index in [4.69, 9.17) is 4.43 Å². The SMILES string of the molecule is CCCCC=C(CCCC)[SiH2]OC(C)=O. The predicted octanol–water partition coefficient (Wildman–Crippen LogP) is 2.90. The molecule has 2 nitrogen and oxygen atoms in total. The van der Waals surface area contributed by atoms with Gasteiger partial charge in [-0.1, -0.05) is 50.8 Å². The van der Waals surface area contributed by atoms with Crippen LogP contribution in [0.3, 0.4) is 0 Å². The van der Waals surface area contributed by atoms with Gasteiger partial charge < -0.3 is 4.43 Å². The van der Waals surface area contributed by atoms with Gasteiger partial charge in [0.05, 0.1) is 0 Å². The van der Waals surface area contributed by atoms with Gasteiger partial charge in [0.1, 0.15) is 0 Å². The number of unbranched alkanes of at least 4 members (excludes halogenated alkanes) is 3. The van der Waals surface area contributed by atoms with Crippen molar-refractivity contribution in [1.82, 2.24) is 0 Å². The van der Waals surface area contributed by atoms with Crippen LogP contribution in [0, 0.1) is 0 Å². The molecule has 0 N–H and O–H groups in total. The van der Waals surface area contributed by atoms with Gasteiger partial charge in [0.2, 0.25) is 0 Å². The zero-order valence-electron chi connectivity index (χ0n) is 10.3. The third kappa shape index (κ3) is 9.72. The normalized spacial score (nSPS) is 12.3. The maximum Gasteiger partial charge on any atom is 0.289 e. The van der Waals surface area contributed by atoms with Crippen LogP contribution < -0.4 is 0 Å². The van der Waals surface area contributed by atoms with Crippen molar-refractivity contribution in [3.05, 3.63) is 11.3 Å². The average molecular weight is 228 g/mol. The van der Waals surface area contributed by atoms with Crippen LogP contribution in [0.15, 0.2) is 11.3 Å². The van der Waals surface area contributed by atoms with E-state index in [0.29, 0.717) is 0 Å². The molecule has 0 aromatic rings. The molecule has 0 amide bonds. The Bertz CT molecular complexity index is 200. The molecule has 0 fully saturated rings. The van der Waals surface area contributed by atoms with Crippen molar-refractivity contribution in [3.8, 4) is 0 Å². The highest BCUT2D eigenvalue weighted by Gasteiger charge is 2.01. The van der Waals surface area contributed by atoms with Crippen LogP contribution in [0.25, 0.3) is 0 Å². The molecule has 0 rings (SSSR count). The molecule has 0 aliphatic carbocycles. The minimum Gasteiger partial charge on any atom is -0.521 e. The molecule has 0 aromatic heterocycles. The first-order valence-corrected chi connectivity index (χ1v) is 7.30. The highest BCUT2D eigenvalue weighted by atomic mass is 28.2. The van der Waals surface area contributed by atoms with Gasteiger partial charge in [-0.05, 0) is 12.8 Å². The van der Waals surface area contributed by atoms with Gasteiger partial charge in [-0.15, -0.1) is 0 Å². The lowest BCUT2D eigenvalue weighted by Gasteiger charge is -2.06. The number of hydrogen-bond acceptors (Lipinski definition) is 2. The highest BCUT2D eigenvalue weighted by Crippen LogP contribution is 2.09. The summed E-state index contributed by atoms with van der Waals surface area (Å²) >= 11 is 0. The quantitative estimate of drug-likeness (QED) is 0.472. The Morgan fingerprint density at radius 1 is 1.27 bits per heavy atom. The summed E-state index contributed by atoms with van der Waals surface area (Å²) in [5.74, 6) is -0.125. The number of allylic oxidation sites excluding steroid dienone is 2. The van der Waals surface area contributed by atoms with Crippen LogP contribution >= 0.6 is 0 Å². The summed E-state index contributed by atoms with van der Waals surface area (Å²) in [4.78, 5) is 10.7. The molecule has 0 aromatic carbocycles. The minimum atomic E-state index is -0.759. The molecule has 15 heavy (non-hydrogen) atoms. The maximum atomic E-state index is 10.7. The van der Waals surface area contributed by atoms with Crippen LogP contribution in [-0.4, -0.2) is 15.7 Å². The molecular formula is C12H24O2Si. The summed E-state index contributed by atoms with van der Waals surface area (Å²) in [5, 5.41) is 1.42. The predicted molar refractivity (Wildman–Crippen MR) is 67.4 cm³/mol. The van der Waals surface area contributed by atoms with E-state index in [1.165, 1.54) is 37.8 Å². The first kappa shape index (κ1) is 14.4. The fourth-order valence-corrected chi connectivity index (χ4v) is 2.45. The van der Waals surface area contributed by atoms with Crippen LogP contribution in [-0.2, 0) is 9.22 Å². The van der Waals surface area contributed by atoms with Crippen LogP contribution in [0.5, 0.6) is 0 Å². The summed E-state index contributed by atoms with van der Waals surface area (Å²) in [6.07, 6.45) is 9.46. The van der Waals surface area contributed by atoms with Gasteiger partial charge in [0.25, 0.3) is 15.7 Å². The van der Waals surface area contributed by atoms with Crippen LogP contribution in [0.1, 0.15) is 59.3 Å². The monoisotopic (exact) mass is 228 g/mol. The summed E-state index contributed by atoms with van der Waals surface area (Å²) in [6.45, 7) is 5.89. The van der Waals surface area contributed by atoms with Crippen LogP contribution in [0.4, 0.5) is 0 Å². The van der Waals surface area contributed by atoms with E-state index < -0.39 is 9.76 Å². The fraction of sp³-hybridized carbons (Fsp3) is 0.750. The van der Waals surface area contributed by atoms with E-state index in [-0.39, 0.29) is 5.97 Å². The van der Waals surface area contributed by atoms with Crippen molar-refractivity contribution >= 4 is 15.7 Å². The molecule has 0 aliphatic heterocycles. The number of hydrogen-bond donors (Lipinski definition) is 0. The van der Waals surface area contributed by atoms with E-state index in [9.17, 15) is 4.79 Å². The molecule has 88 valence electrons. The van der Waals surface area contributed by atoms with Crippen molar-refractivity contribution in [3.63, 3.8) is 0 Å². The lowest BCUT2D eigenvalue weighted by atomic mass is 10.2. The minimum absolute atomic E-state index is 0.125. The molecular weight excluding hydrogens is 204 g/mol. The van der Waals surface area contributed by atoms with Gasteiger partial charge >= 0.3 is 0 Å².